The van der Waals surface area contributed by atoms with E-state index in [0.29, 0.717) is 31.9 Å². The van der Waals surface area contributed by atoms with Gasteiger partial charge in [0, 0.05) is 25.1 Å². The molecule has 11 nitrogen and oxygen atoms in total. The van der Waals surface area contributed by atoms with Crippen molar-refractivity contribution in [2.45, 2.75) is 70.5 Å². The summed E-state index contributed by atoms with van der Waals surface area (Å²) in [4.78, 5) is 54.4. The van der Waals surface area contributed by atoms with Crippen molar-refractivity contribution < 1.29 is 41.1 Å². The van der Waals surface area contributed by atoms with Crippen LogP contribution in [-0.4, -0.2) is 80.9 Å². The highest BCUT2D eigenvalue weighted by Crippen LogP contribution is 2.55. The van der Waals surface area contributed by atoms with Gasteiger partial charge in [0.1, 0.15) is 24.5 Å². The van der Waals surface area contributed by atoms with Gasteiger partial charge in [0.2, 0.25) is 27.7 Å². The lowest BCUT2D eigenvalue weighted by Crippen LogP contribution is -2.61. The summed E-state index contributed by atoms with van der Waals surface area (Å²) in [6.07, 6.45) is 4.22. The first-order valence-electron chi connectivity index (χ1n) is 14.1. The zero-order valence-corrected chi connectivity index (χ0v) is 24.8. The number of nitrogens with one attached hydrogen (secondary N) is 3. The van der Waals surface area contributed by atoms with E-state index < -0.39 is 75.8 Å². The van der Waals surface area contributed by atoms with E-state index in [1.165, 1.54) is 4.90 Å². The molecule has 1 aromatic rings. The van der Waals surface area contributed by atoms with Crippen molar-refractivity contribution in [3.8, 4) is 5.75 Å². The number of carbonyl (C=O) groups is 4. The molecule has 1 aromatic carbocycles. The highest BCUT2D eigenvalue weighted by molar-refractivity contribution is 7.88. The Labute approximate surface area is 244 Å². The first-order valence-corrected chi connectivity index (χ1v) is 16.0. The largest absolute Gasteiger partial charge is 0.483 e. The smallest absolute Gasteiger partial charge is 0.243 e. The topological polar surface area (TPSA) is 151 Å². The molecule has 0 radical (unpaired) electrons. The van der Waals surface area contributed by atoms with Crippen LogP contribution in [0.4, 0.5) is 8.78 Å². The Balaban J connectivity index is 1.54. The molecule has 1 aliphatic carbocycles. The number of sulfonamides is 1. The van der Waals surface area contributed by atoms with Crippen molar-refractivity contribution in [3.63, 3.8) is 0 Å². The van der Waals surface area contributed by atoms with Crippen LogP contribution in [-0.2, 0) is 29.2 Å². The third-order valence-electron chi connectivity index (χ3n) is 8.35. The number of ether oxygens (including phenoxy) is 1. The monoisotopic (exact) mass is 612 g/mol. The van der Waals surface area contributed by atoms with Gasteiger partial charge in [0.05, 0.1) is 12.3 Å². The first-order chi connectivity index (χ1) is 19.7. The second-order valence-electron chi connectivity index (χ2n) is 12.0. The second kappa shape index (κ2) is 12.6. The van der Waals surface area contributed by atoms with Crippen molar-refractivity contribution in [2.24, 2.45) is 17.3 Å². The normalized spacial score (nSPS) is 22.9. The molecule has 4 rings (SSSR count). The van der Waals surface area contributed by atoms with E-state index in [1.54, 1.807) is 13.8 Å². The van der Waals surface area contributed by atoms with E-state index in [-0.39, 0.29) is 30.0 Å². The molecule has 0 aromatic heterocycles. The Morgan fingerprint density at radius 2 is 1.90 bits per heavy atom. The summed E-state index contributed by atoms with van der Waals surface area (Å²) in [5.74, 6) is -5.10. The molecule has 2 aliphatic heterocycles. The second-order valence-corrected chi connectivity index (χ2v) is 13.8. The highest BCUT2D eigenvalue weighted by Gasteiger charge is 2.52. The molecular weight excluding hydrogens is 574 g/mol. The molecule has 232 valence electrons. The van der Waals surface area contributed by atoms with Crippen LogP contribution in [0.2, 0.25) is 0 Å². The Morgan fingerprint density at radius 1 is 1.19 bits per heavy atom. The van der Waals surface area contributed by atoms with Crippen LogP contribution in [0.3, 0.4) is 0 Å². The van der Waals surface area contributed by atoms with Crippen LogP contribution in [0.25, 0.3) is 0 Å². The van der Waals surface area contributed by atoms with Crippen LogP contribution in [0.1, 0.15) is 52.4 Å². The van der Waals surface area contributed by atoms with Gasteiger partial charge in [0.15, 0.2) is 17.3 Å². The molecule has 3 N–H and O–H groups in total. The molecule has 2 heterocycles. The maximum Gasteiger partial charge on any atom is 0.243 e. The number of ketones is 1. The minimum atomic E-state index is -3.73. The SMILES string of the molecule is CC(C)[C@H](NS(C)(=O)=O)C(=O)N1CCC2(CC2)C[C@@H]1C(=O)N[C@@H](C[C@@H]1CCNC1=O)C(=O)COc1ccc(F)cc1F. The van der Waals surface area contributed by atoms with E-state index in [0.717, 1.165) is 31.2 Å². The van der Waals surface area contributed by atoms with E-state index >= 15 is 0 Å². The zero-order chi connectivity index (χ0) is 30.8. The zero-order valence-electron chi connectivity index (χ0n) is 24.0. The molecule has 3 aliphatic rings. The molecule has 2 saturated heterocycles. The Kier molecular flexibility index (Phi) is 9.55. The Bertz CT molecular complexity index is 1340. The number of Topliss-reactive ketones (excluding diaryl/α,β-unsaturated/α-hetero) is 1. The third kappa shape index (κ3) is 7.82. The number of hydrogen-bond donors (Lipinski definition) is 3. The van der Waals surface area contributed by atoms with Crippen LogP contribution >= 0.6 is 0 Å². The molecular formula is C28H38F2N4O7S. The van der Waals surface area contributed by atoms with Gasteiger partial charge in [-0.15, -0.1) is 0 Å². The molecule has 1 saturated carbocycles. The molecule has 1 spiro atoms. The summed E-state index contributed by atoms with van der Waals surface area (Å²) in [5, 5.41) is 5.42. The number of nitrogens with zero attached hydrogens (tertiary/aromatic N) is 1. The molecule has 0 bridgehead atoms. The standard InChI is InChI=1S/C28H38F2N4O7S/c1-16(2)24(33-42(3,39)40)27(38)34-11-9-28(7-8-28)14-21(34)26(37)32-20(12-17-6-10-31-25(17)36)22(35)15-41-23-5-4-18(29)13-19(23)30/h4-5,13,16-17,20-21,24,33H,6-12,14-15H2,1-3H3,(H,31,36)(H,32,37)/t17-,20-,21+,24-/m0/s1. The van der Waals surface area contributed by atoms with E-state index in [1.807, 2.05) is 0 Å². The average molecular weight is 613 g/mol. The third-order valence-corrected chi connectivity index (χ3v) is 9.04. The van der Waals surface area contributed by atoms with Crippen molar-refractivity contribution in [1.82, 2.24) is 20.3 Å². The Morgan fingerprint density at radius 3 is 2.48 bits per heavy atom. The van der Waals surface area contributed by atoms with Gasteiger partial charge in [-0.3, -0.25) is 19.2 Å². The van der Waals surface area contributed by atoms with Crippen molar-refractivity contribution in [3.05, 3.63) is 29.8 Å². The van der Waals surface area contributed by atoms with Gasteiger partial charge in [-0.2, -0.15) is 0 Å². The molecule has 0 unspecified atom stereocenters. The molecule has 4 atom stereocenters. The fourth-order valence-electron chi connectivity index (χ4n) is 5.68. The minimum Gasteiger partial charge on any atom is -0.483 e. The number of amides is 3. The molecule has 3 amide bonds. The number of halogens is 2. The average Bonchev–Trinajstić information content (AvgIpc) is 3.54. The summed E-state index contributed by atoms with van der Waals surface area (Å²) in [6.45, 7) is 3.43. The lowest BCUT2D eigenvalue weighted by atomic mass is 9.86. The number of benzene rings is 1. The van der Waals surface area contributed by atoms with E-state index in [4.69, 9.17) is 4.74 Å². The van der Waals surface area contributed by atoms with Gasteiger partial charge in [0.25, 0.3) is 0 Å². The van der Waals surface area contributed by atoms with Crippen molar-refractivity contribution in [1.29, 1.82) is 0 Å². The summed E-state index contributed by atoms with van der Waals surface area (Å²) < 4.78 is 59.0. The number of likely N-dealkylation sites (tertiary alicyclic amines) is 1. The number of piperidine rings is 1. The molecule has 42 heavy (non-hydrogen) atoms. The van der Waals surface area contributed by atoms with Gasteiger partial charge in [-0.1, -0.05) is 13.8 Å². The van der Waals surface area contributed by atoms with Gasteiger partial charge in [-0.05, 0) is 62.0 Å². The minimum absolute atomic E-state index is 0.0261. The molecule has 14 heteroatoms. The number of carbonyl (C=O) groups excluding carboxylic acids is 4. The first kappa shape index (κ1) is 31.8. The van der Waals surface area contributed by atoms with Crippen LogP contribution in [0.15, 0.2) is 18.2 Å². The summed E-state index contributed by atoms with van der Waals surface area (Å²) in [5.41, 5.74) is -0.0928. The number of hydrogen-bond acceptors (Lipinski definition) is 7. The van der Waals surface area contributed by atoms with Gasteiger partial charge >= 0.3 is 0 Å². The van der Waals surface area contributed by atoms with Crippen molar-refractivity contribution in [2.75, 3.05) is 26.0 Å². The predicted molar refractivity (Wildman–Crippen MR) is 148 cm³/mol. The fourth-order valence-corrected chi connectivity index (χ4v) is 6.51. The summed E-state index contributed by atoms with van der Waals surface area (Å²) in [7, 11) is -3.73. The Hall–Kier alpha value is -3.13. The van der Waals surface area contributed by atoms with Crippen LogP contribution < -0.4 is 20.1 Å². The summed E-state index contributed by atoms with van der Waals surface area (Å²) in [6, 6.07) is -0.573. The van der Waals surface area contributed by atoms with Crippen LogP contribution in [0.5, 0.6) is 5.75 Å². The van der Waals surface area contributed by atoms with Gasteiger partial charge < -0.3 is 20.3 Å². The lowest BCUT2D eigenvalue weighted by Gasteiger charge is -2.41. The fraction of sp³-hybridized carbons (Fsp3) is 0.643. The van der Waals surface area contributed by atoms with E-state index in [2.05, 4.69) is 15.4 Å². The van der Waals surface area contributed by atoms with Crippen molar-refractivity contribution >= 4 is 33.5 Å². The molecule has 3 fully saturated rings. The lowest BCUT2D eigenvalue weighted by molar-refractivity contribution is -0.146. The maximum absolute atomic E-state index is 14.1. The maximum atomic E-state index is 14.1. The quantitative estimate of drug-likeness (QED) is 0.322. The number of rotatable bonds is 12. The van der Waals surface area contributed by atoms with Crippen LogP contribution in [0, 0.1) is 28.9 Å². The van der Waals surface area contributed by atoms with Gasteiger partial charge in [-0.25, -0.2) is 21.9 Å². The predicted octanol–water partition coefficient (Wildman–Crippen LogP) is 1.27. The summed E-state index contributed by atoms with van der Waals surface area (Å²) >= 11 is 0. The highest BCUT2D eigenvalue weighted by atomic mass is 32.2. The van der Waals surface area contributed by atoms with E-state index in [9.17, 15) is 36.4 Å².